The van der Waals surface area contributed by atoms with Gasteiger partial charge in [-0.25, -0.2) is 4.99 Å². The fraction of sp³-hybridized carbons (Fsp3) is 0.333. The Morgan fingerprint density at radius 2 is 1.88 bits per heavy atom. The fourth-order valence-electron chi connectivity index (χ4n) is 2.20. The molecule has 0 aliphatic carbocycles. The van der Waals surface area contributed by atoms with E-state index in [4.69, 9.17) is 9.47 Å². The zero-order chi connectivity index (χ0) is 18.1. The molecule has 142 valence electrons. The van der Waals surface area contributed by atoms with Crippen LogP contribution in [0.1, 0.15) is 18.2 Å². The smallest absolute Gasteiger partial charge is 0.191 e. The monoisotopic (exact) mass is 534 g/mol. The standard InChI is InChI=1S/C18H23BrN4O2.HI/c1-4-20-18(23-12-14-7-5-6-8-21-14)22-11-13-9-16(24-2)17(25-3)10-15(13)19;/h5-10H,4,11-12H2,1-3H3,(H2,20,22,23);1H. The van der Waals surface area contributed by atoms with E-state index in [-0.39, 0.29) is 24.0 Å². The van der Waals surface area contributed by atoms with Crippen molar-refractivity contribution in [2.45, 2.75) is 20.0 Å². The second-order valence-electron chi connectivity index (χ2n) is 5.17. The SMILES string of the molecule is CCNC(=NCc1cc(OC)c(OC)cc1Br)NCc1ccccn1.I. The summed E-state index contributed by atoms with van der Waals surface area (Å²) < 4.78 is 11.6. The maximum Gasteiger partial charge on any atom is 0.191 e. The van der Waals surface area contributed by atoms with Crippen LogP contribution in [-0.2, 0) is 13.1 Å². The number of benzene rings is 1. The van der Waals surface area contributed by atoms with Crippen molar-refractivity contribution < 1.29 is 9.47 Å². The molecule has 1 aromatic carbocycles. The molecule has 0 spiro atoms. The molecule has 1 heterocycles. The minimum atomic E-state index is 0. The molecule has 0 amide bonds. The highest BCUT2D eigenvalue weighted by Gasteiger charge is 2.09. The molecule has 0 bridgehead atoms. The van der Waals surface area contributed by atoms with Gasteiger partial charge in [0.2, 0.25) is 0 Å². The maximum atomic E-state index is 5.36. The molecule has 2 N–H and O–H groups in total. The van der Waals surface area contributed by atoms with Crippen molar-refractivity contribution in [2.75, 3.05) is 20.8 Å². The van der Waals surface area contributed by atoms with Gasteiger partial charge in [-0.1, -0.05) is 22.0 Å². The van der Waals surface area contributed by atoms with E-state index in [1.54, 1.807) is 20.4 Å². The van der Waals surface area contributed by atoms with E-state index in [1.165, 1.54) is 0 Å². The van der Waals surface area contributed by atoms with Crippen LogP contribution in [0.25, 0.3) is 0 Å². The molecule has 0 radical (unpaired) electrons. The first kappa shape index (κ1) is 22.5. The Kier molecular flexibility index (Phi) is 10.3. The summed E-state index contributed by atoms with van der Waals surface area (Å²) in [6, 6.07) is 9.65. The zero-order valence-corrected chi connectivity index (χ0v) is 19.0. The van der Waals surface area contributed by atoms with Gasteiger partial charge in [0.05, 0.1) is 33.0 Å². The molecule has 8 heteroatoms. The summed E-state index contributed by atoms with van der Waals surface area (Å²) in [4.78, 5) is 8.93. The maximum absolute atomic E-state index is 5.36. The van der Waals surface area contributed by atoms with Gasteiger partial charge in [-0.2, -0.15) is 0 Å². The van der Waals surface area contributed by atoms with Crippen LogP contribution in [0.3, 0.4) is 0 Å². The Morgan fingerprint density at radius 3 is 2.50 bits per heavy atom. The van der Waals surface area contributed by atoms with Crippen molar-refractivity contribution in [2.24, 2.45) is 4.99 Å². The number of ether oxygens (including phenoxy) is 2. The summed E-state index contributed by atoms with van der Waals surface area (Å²) >= 11 is 3.56. The van der Waals surface area contributed by atoms with Crippen molar-refractivity contribution >= 4 is 45.9 Å². The van der Waals surface area contributed by atoms with E-state index in [0.717, 1.165) is 28.2 Å². The number of aromatic nitrogens is 1. The van der Waals surface area contributed by atoms with Crippen molar-refractivity contribution in [1.82, 2.24) is 15.6 Å². The van der Waals surface area contributed by atoms with Gasteiger partial charge in [0.15, 0.2) is 17.5 Å². The van der Waals surface area contributed by atoms with E-state index in [9.17, 15) is 0 Å². The van der Waals surface area contributed by atoms with Crippen LogP contribution in [0.4, 0.5) is 0 Å². The number of hydrogen-bond acceptors (Lipinski definition) is 4. The van der Waals surface area contributed by atoms with Gasteiger partial charge in [0, 0.05) is 17.2 Å². The molecule has 2 aromatic rings. The molecule has 0 saturated heterocycles. The van der Waals surface area contributed by atoms with Crippen molar-refractivity contribution in [3.8, 4) is 11.5 Å². The first-order valence-corrected chi connectivity index (χ1v) is 8.79. The lowest BCUT2D eigenvalue weighted by molar-refractivity contribution is 0.354. The molecule has 0 atom stereocenters. The third kappa shape index (κ3) is 6.64. The Morgan fingerprint density at radius 1 is 1.15 bits per heavy atom. The summed E-state index contributed by atoms with van der Waals surface area (Å²) in [5.41, 5.74) is 1.97. The van der Waals surface area contributed by atoms with Crippen LogP contribution in [0.2, 0.25) is 0 Å². The van der Waals surface area contributed by atoms with Gasteiger partial charge < -0.3 is 20.1 Å². The summed E-state index contributed by atoms with van der Waals surface area (Å²) in [6.45, 7) is 3.92. The molecule has 0 saturated carbocycles. The van der Waals surface area contributed by atoms with E-state index >= 15 is 0 Å². The molecule has 2 rings (SSSR count). The van der Waals surface area contributed by atoms with E-state index in [1.807, 2.05) is 37.3 Å². The number of guanidine groups is 1. The van der Waals surface area contributed by atoms with Crippen LogP contribution in [0, 0.1) is 0 Å². The summed E-state index contributed by atoms with van der Waals surface area (Å²) in [6.07, 6.45) is 1.78. The highest BCUT2D eigenvalue weighted by atomic mass is 127. The van der Waals surface area contributed by atoms with Crippen molar-refractivity contribution in [3.05, 3.63) is 52.3 Å². The zero-order valence-electron chi connectivity index (χ0n) is 15.1. The fourth-order valence-corrected chi connectivity index (χ4v) is 2.65. The number of pyridine rings is 1. The molecular formula is C18H24BrIN4O2. The molecular weight excluding hydrogens is 511 g/mol. The molecule has 6 nitrogen and oxygen atoms in total. The van der Waals surface area contributed by atoms with Gasteiger partial charge in [-0.3, -0.25) is 4.98 Å². The highest BCUT2D eigenvalue weighted by molar-refractivity contribution is 14.0. The van der Waals surface area contributed by atoms with Gasteiger partial charge >= 0.3 is 0 Å². The number of hydrogen-bond donors (Lipinski definition) is 2. The Hall–Kier alpha value is -1.55. The normalized spacial score (nSPS) is 10.7. The largest absolute Gasteiger partial charge is 0.493 e. The van der Waals surface area contributed by atoms with E-state index in [2.05, 4.69) is 36.5 Å². The average Bonchev–Trinajstić information content (AvgIpc) is 2.65. The predicted molar refractivity (Wildman–Crippen MR) is 119 cm³/mol. The van der Waals surface area contributed by atoms with Gasteiger partial charge in [-0.05, 0) is 36.8 Å². The van der Waals surface area contributed by atoms with Crippen LogP contribution in [0.15, 0.2) is 46.0 Å². The minimum absolute atomic E-state index is 0. The molecule has 0 aliphatic rings. The Balaban J connectivity index is 0.00000338. The average molecular weight is 535 g/mol. The lowest BCUT2D eigenvalue weighted by Crippen LogP contribution is -2.37. The third-order valence-corrected chi connectivity index (χ3v) is 4.21. The Bertz CT molecular complexity index is 714. The second-order valence-corrected chi connectivity index (χ2v) is 6.02. The molecule has 26 heavy (non-hydrogen) atoms. The topological polar surface area (TPSA) is 67.8 Å². The summed E-state index contributed by atoms with van der Waals surface area (Å²) in [5, 5.41) is 6.52. The van der Waals surface area contributed by atoms with E-state index < -0.39 is 0 Å². The number of methoxy groups -OCH3 is 2. The lowest BCUT2D eigenvalue weighted by Gasteiger charge is -2.13. The number of nitrogens with zero attached hydrogens (tertiary/aromatic N) is 2. The first-order chi connectivity index (χ1) is 12.2. The lowest BCUT2D eigenvalue weighted by atomic mass is 10.2. The van der Waals surface area contributed by atoms with Gasteiger partial charge in [-0.15, -0.1) is 24.0 Å². The van der Waals surface area contributed by atoms with Crippen LogP contribution in [-0.4, -0.2) is 31.7 Å². The summed E-state index contributed by atoms with van der Waals surface area (Å²) in [5.74, 6) is 2.10. The number of halogens is 2. The highest BCUT2D eigenvalue weighted by Crippen LogP contribution is 2.33. The van der Waals surface area contributed by atoms with Crippen molar-refractivity contribution in [1.29, 1.82) is 0 Å². The molecule has 0 fully saturated rings. The molecule has 0 unspecified atom stereocenters. The molecule has 1 aromatic heterocycles. The number of rotatable bonds is 7. The van der Waals surface area contributed by atoms with Crippen LogP contribution in [0.5, 0.6) is 11.5 Å². The van der Waals surface area contributed by atoms with Crippen molar-refractivity contribution in [3.63, 3.8) is 0 Å². The first-order valence-electron chi connectivity index (χ1n) is 8.00. The number of aliphatic imine (C=N–C) groups is 1. The van der Waals surface area contributed by atoms with Gasteiger partial charge in [0.1, 0.15) is 0 Å². The van der Waals surface area contributed by atoms with Crippen LogP contribution >= 0.6 is 39.9 Å². The minimum Gasteiger partial charge on any atom is -0.493 e. The quantitative estimate of drug-likeness (QED) is 0.322. The Labute approximate surface area is 179 Å². The van der Waals surface area contributed by atoms with E-state index in [0.29, 0.717) is 24.6 Å². The van der Waals surface area contributed by atoms with Gasteiger partial charge in [0.25, 0.3) is 0 Å². The van der Waals surface area contributed by atoms with Crippen LogP contribution < -0.4 is 20.1 Å². The third-order valence-electron chi connectivity index (χ3n) is 3.47. The number of nitrogens with one attached hydrogen (secondary N) is 2. The predicted octanol–water partition coefficient (Wildman–Crippen LogP) is 3.73. The second kappa shape index (κ2) is 11.9. The summed E-state index contributed by atoms with van der Waals surface area (Å²) in [7, 11) is 3.24. The molecule has 0 aliphatic heterocycles.